The summed E-state index contributed by atoms with van der Waals surface area (Å²) >= 11 is 0. The van der Waals surface area contributed by atoms with Gasteiger partial charge in [-0.05, 0) is 37.0 Å². The van der Waals surface area contributed by atoms with Crippen LogP contribution in [0.5, 0.6) is 5.75 Å². The van der Waals surface area contributed by atoms with Crippen molar-refractivity contribution in [2.45, 2.75) is 61.3 Å². The maximum atomic E-state index is 12.2. The molecule has 23 heavy (non-hydrogen) atoms. The molecule has 0 aliphatic carbocycles. The number of aryl methyl sites for hydroxylation is 2. The van der Waals surface area contributed by atoms with E-state index in [2.05, 4.69) is 0 Å². The molecule has 0 fully saturated rings. The van der Waals surface area contributed by atoms with Gasteiger partial charge in [0.2, 0.25) is 10.0 Å². The molecule has 0 heterocycles. The van der Waals surface area contributed by atoms with Gasteiger partial charge in [-0.2, -0.15) is 0 Å². The predicted octanol–water partition coefficient (Wildman–Crippen LogP) is 4.79. The Labute approximate surface area is 143 Å². The number of sulfonamides is 1. The molecule has 0 unspecified atom stereocenters. The van der Waals surface area contributed by atoms with E-state index in [-0.39, 0.29) is 5.75 Å². The Morgan fingerprint density at radius 2 is 1.61 bits per heavy atom. The van der Waals surface area contributed by atoms with E-state index in [0.29, 0.717) is 17.9 Å². The van der Waals surface area contributed by atoms with Crippen molar-refractivity contribution in [2.75, 3.05) is 24.2 Å². The highest BCUT2D eigenvalue weighted by atomic mass is 32.2. The first-order valence-corrected chi connectivity index (χ1v) is 10.1. The van der Waals surface area contributed by atoms with Crippen molar-refractivity contribution in [3.05, 3.63) is 23.3 Å². The van der Waals surface area contributed by atoms with Crippen LogP contribution in [0.15, 0.2) is 12.1 Å². The van der Waals surface area contributed by atoms with E-state index in [1.807, 2.05) is 60.6 Å². The molecule has 0 N–H and O–H groups in total. The summed E-state index contributed by atoms with van der Waals surface area (Å²) in [6.45, 7) is 13.8. The van der Waals surface area contributed by atoms with Crippen LogP contribution in [0.2, 0.25) is 0 Å². The van der Waals surface area contributed by atoms with Crippen molar-refractivity contribution in [2.24, 2.45) is 0 Å². The average Bonchev–Trinajstić information content (AvgIpc) is 2.56. The van der Waals surface area contributed by atoms with Crippen LogP contribution in [-0.4, -0.2) is 28.3 Å². The van der Waals surface area contributed by atoms with Crippen molar-refractivity contribution in [1.29, 1.82) is 0 Å². The van der Waals surface area contributed by atoms with Gasteiger partial charge >= 0.3 is 0 Å². The lowest BCUT2D eigenvalue weighted by atomic mass is 10.1. The molecule has 136 valence electrons. The van der Waals surface area contributed by atoms with Gasteiger partial charge in [0.1, 0.15) is 5.75 Å². The number of nitrogens with zero attached hydrogens (tertiary/aromatic N) is 1. The molecule has 0 amide bonds. The van der Waals surface area contributed by atoms with Crippen LogP contribution < -0.4 is 9.04 Å². The Hall–Kier alpha value is -1.23. The molecule has 4 nitrogen and oxygen atoms in total. The highest BCUT2D eigenvalue weighted by Crippen LogP contribution is 2.34. The van der Waals surface area contributed by atoms with Crippen LogP contribution in [0.1, 0.15) is 59.1 Å². The summed E-state index contributed by atoms with van der Waals surface area (Å²) in [6.07, 6.45) is 1.40. The monoisotopic (exact) mass is 345 g/mol. The quantitative estimate of drug-likeness (QED) is 0.744. The highest BCUT2D eigenvalue weighted by Gasteiger charge is 2.22. The SMILES string of the molecule is CC.CC.CCCS(=O)(=O)N(C)c1cc(C)cc(CC)c1OC. The van der Waals surface area contributed by atoms with Crippen LogP contribution in [0, 0.1) is 6.92 Å². The number of hydrogen-bond acceptors (Lipinski definition) is 3. The Bertz CT molecular complexity index is 539. The number of benzene rings is 1. The van der Waals surface area contributed by atoms with E-state index in [4.69, 9.17) is 4.74 Å². The van der Waals surface area contributed by atoms with E-state index in [0.717, 1.165) is 17.5 Å². The molecule has 0 saturated heterocycles. The summed E-state index contributed by atoms with van der Waals surface area (Å²) < 4.78 is 31.1. The molecule has 0 bridgehead atoms. The third-order valence-corrected chi connectivity index (χ3v) is 5.05. The third kappa shape index (κ3) is 6.81. The topological polar surface area (TPSA) is 46.6 Å². The van der Waals surface area contributed by atoms with Gasteiger partial charge in [0.05, 0.1) is 18.6 Å². The van der Waals surface area contributed by atoms with E-state index < -0.39 is 10.0 Å². The molecule has 1 aromatic carbocycles. The second-order valence-corrected chi connectivity index (χ2v) is 6.73. The molecule has 0 aliphatic rings. The number of rotatable bonds is 6. The fraction of sp³-hybridized carbons (Fsp3) is 0.667. The van der Waals surface area contributed by atoms with E-state index >= 15 is 0 Å². The van der Waals surface area contributed by atoms with E-state index in [1.54, 1.807) is 14.2 Å². The van der Waals surface area contributed by atoms with Crippen LogP contribution >= 0.6 is 0 Å². The number of hydrogen-bond donors (Lipinski definition) is 0. The zero-order valence-corrected chi connectivity index (χ0v) is 17.2. The fourth-order valence-corrected chi connectivity index (χ4v) is 3.33. The van der Waals surface area contributed by atoms with Gasteiger partial charge < -0.3 is 4.74 Å². The predicted molar refractivity (Wildman–Crippen MR) is 102 cm³/mol. The Balaban J connectivity index is 0. The molecule has 5 heteroatoms. The van der Waals surface area contributed by atoms with Gasteiger partial charge in [0, 0.05) is 7.05 Å². The smallest absolute Gasteiger partial charge is 0.235 e. The van der Waals surface area contributed by atoms with Gasteiger partial charge in [-0.1, -0.05) is 47.6 Å². The summed E-state index contributed by atoms with van der Waals surface area (Å²) in [4.78, 5) is 0. The first kappa shape index (κ1) is 24.0. The van der Waals surface area contributed by atoms with E-state index in [9.17, 15) is 8.42 Å². The summed E-state index contributed by atoms with van der Waals surface area (Å²) in [5, 5.41) is 0. The van der Waals surface area contributed by atoms with Gasteiger partial charge in [0.15, 0.2) is 0 Å². The van der Waals surface area contributed by atoms with Crippen molar-refractivity contribution >= 4 is 15.7 Å². The second-order valence-electron chi connectivity index (χ2n) is 4.61. The number of ether oxygens (including phenoxy) is 1. The Kier molecular flexibility index (Phi) is 12.8. The molecule has 0 atom stereocenters. The molecular weight excluding hydrogens is 310 g/mol. The molecule has 0 spiro atoms. The second kappa shape index (κ2) is 12.2. The minimum absolute atomic E-state index is 0.141. The van der Waals surface area contributed by atoms with Crippen molar-refractivity contribution in [3.63, 3.8) is 0 Å². The lowest BCUT2D eigenvalue weighted by Gasteiger charge is -2.23. The summed E-state index contributed by atoms with van der Waals surface area (Å²) in [5.74, 6) is 0.789. The molecular formula is C18H35NO3S. The van der Waals surface area contributed by atoms with Crippen molar-refractivity contribution < 1.29 is 13.2 Å². The van der Waals surface area contributed by atoms with Crippen LogP contribution in [0.25, 0.3) is 0 Å². The largest absolute Gasteiger partial charge is 0.494 e. The first-order valence-electron chi connectivity index (χ1n) is 8.51. The van der Waals surface area contributed by atoms with Gasteiger partial charge in [-0.15, -0.1) is 0 Å². The lowest BCUT2D eigenvalue weighted by Crippen LogP contribution is -2.29. The standard InChI is InChI=1S/C14H23NO3S.2C2H6/c1-6-8-19(16,17)15(4)13-10-11(3)9-12(7-2)14(13)18-5;2*1-2/h9-10H,6-8H2,1-5H3;2*1-2H3. The maximum absolute atomic E-state index is 12.2. The molecule has 0 radical (unpaired) electrons. The minimum Gasteiger partial charge on any atom is -0.494 e. The summed E-state index contributed by atoms with van der Waals surface area (Å²) in [5.41, 5.74) is 2.68. The zero-order valence-electron chi connectivity index (χ0n) is 16.4. The fourth-order valence-electron chi connectivity index (χ4n) is 2.10. The number of anilines is 1. The summed E-state index contributed by atoms with van der Waals surface area (Å²) in [7, 11) is -0.122. The van der Waals surface area contributed by atoms with Gasteiger partial charge in [0.25, 0.3) is 0 Å². The number of methoxy groups -OCH3 is 1. The maximum Gasteiger partial charge on any atom is 0.235 e. The molecule has 0 aromatic heterocycles. The van der Waals surface area contributed by atoms with Crippen LogP contribution in [0.4, 0.5) is 5.69 Å². The Morgan fingerprint density at radius 1 is 1.09 bits per heavy atom. The molecule has 0 aliphatic heterocycles. The molecule has 0 saturated carbocycles. The molecule has 1 aromatic rings. The Morgan fingerprint density at radius 3 is 2.00 bits per heavy atom. The zero-order chi connectivity index (χ0) is 18.6. The summed E-state index contributed by atoms with van der Waals surface area (Å²) in [6, 6.07) is 3.88. The average molecular weight is 346 g/mol. The normalized spacial score (nSPS) is 9.96. The van der Waals surface area contributed by atoms with Gasteiger partial charge in [-0.25, -0.2) is 8.42 Å². The van der Waals surface area contributed by atoms with Gasteiger partial charge in [-0.3, -0.25) is 4.31 Å². The van der Waals surface area contributed by atoms with Crippen molar-refractivity contribution in [3.8, 4) is 5.75 Å². The van der Waals surface area contributed by atoms with Crippen LogP contribution in [0.3, 0.4) is 0 Å². The van der Waals surface area contributed by atoms with Crippen LogP contribution in [-0.2, 0) is 16.4 Å². The first-order chi connectivity index (χ1) is 10.9. The molecule has 1 rings (SSSR count). The lowest BCUT2D eigenvalue weighted by molar-refractivity contribution is 0.411. The highest BCUT2D eigenvalue weighted by molar-refractivity contribution is 7.92. The van der Waals surface area contributed by atoms with Crippen molar-refractivity contribution in [1.82, 2.24) is 0 Å². The minimum atomic E-state index is -3.28. The third-order valence-electron chi connectivity index (χ3n) is 3.09. The van der Waals surface area contributed by atoms with E-state index in [1.165, 1.54) is 4.31 Å².